The smallest absolute Gasteiger partial charge is 0.0968 e. The Kier molecular flexibility index (Phi) is 4.15. The minimum absolute atomic E-state index is 0.718. The van der Waals surface area contributed by atoms with Gasteiger partial charge in [0.2, 0.25) is 0 Å². The standard InChI is InChI=1S/C20H21ClN6/c1-12-6-7-15(8-18(12)21)27-20(17-11-23-26(5)14(17)3)9-19(24-27)16-10-22-25(4)13(16)2/h6-11H,1-5H3. The van der Waals surface area contributed by atoms with E-state index in [1.807, 2.05) is 72.6 Å². The maximum Gasteiger partial charge on any atom is 0.0968 e. The van der Waals surface area contributed by atoms with E-state index in [-0.39, 0.29) is 0 Å². The second-order valence-corrected chi connectivity index (χ2v) is 7.20. The number of benzene rings is 1. The van der Waals surface area contributed by atoms with E-state index < -0.39 is 0 Å². The van der Waals surface area contributed by atoms with Crippen LogP contribution in [0.3, 0.4) is 0 Å². The predicted octanol–water partition coefficient (Wildman–Crippen LogP) is 4.25. The Labute approximate surface area is 163 Å². The van der Waals surface area contributed by atoms with Crippen molar-refractivity contribution in [1.82, 2.24) is 29.3 Å². The molecule has 0 unspecified atom stereocenters. The molecule has 138 valence electrons. The number of halogens is 1. The summed E-state index contributed by atoms with van der Waals surface area (Å²) in [6.45, 7) is 6.09. The summed E-state index contributed by atoms with van der Waals surface area (Å²) in [7, 11) is 3.87. The molecule has 0 atom stereocenters. The molecule has 0 aliphatic carbocycles. The maximum atomic E-state index is 6.38. The third-order valence-corrected chi connectivity index (χ3v) is 5.54. The summed E-state index contributed by atoms with van der Waals surface area (Å²) in [5, 5.41) is 14.4. The van der Waals surface area contributed by atoms with Crippen molar-refractivity contribution in [1.29, 1.82) is 0 Å². The molecule has 0 saturated heterocycles. The molecule has 0 aliphatic rings. The van der Waals surface area contributed by atoms with Crippen LogP contribution in [0.1, 0.15) is 17.0 Å². The van der Waals surface area contributed by atoms with E-state index in [0.717, 1.165) is 50.2 Å². The Morgan fingerprint density at radius 3 is 2.04 bits per heavy atom. The van der Waals surface area contributed by atoms with Crippen molar-refractivity contribution in [2.75, 3.05) is 0 Å². The molecule has 4 rings (SSSR count). The molecule has 0 bridgehead atoms. The SMILES string of the molecule is Cc1ccc(-n2nc(-c3cnn(C)c3C)cc2-c2cnn(C)c2C)cc1Cl. The van der Waals surface area contributed by atoms with E-state index in [4.69, 9.17) is 16.7 Å². The molecule has 0 N–H and O–H groups in total. The lowest BCUT2D eigenvalue weighted by atomic mass is 10.1. The first-order valence-corrected chi connectivity index (χ1v) is 9.09. The van der Waals surface area contributed by atoms with Gasteiger partial charge in [-0.3, -0.25) is 9.36 Å². The summed E-state index contributed by atoms with van der Waals surface area (Å²) in [6.07, 6.45) is 3.72. The fourth-order valence-electron chi connectivity index (χ4n) is 3.12. The van der Waals surface area contributed by atoms with Gasteiger partial charge in [0.1, 0.15) is 0 Å². The van der Waals surface area contributed by atoms with Crippen LogP contribution < -0.4 is 0 Å². The lowest BCUT2D eigenvalue weighted by Gasteiger charge is -2.09. The van der Waals surface area contributed by atoms with Crippen LogP contribution >= 0.6 is 11.6 Å². The van der Waals surface area contributed by atoms with Gasteiger partial charge in [0.05, 0.1) is 29.5 Å². The summed E-state index contributed by atoms with van der Waals surface area (Å²) in [6, 6.07) is 8.07. The largest absolute Gasteiger partial charge is 0.272 e. The first-order valence-electron chi connectivity index (χ1n) is 8.71. The monoisotopic (exact) mass is 380 g/mol. The second kappa shape index (κ2) is 6.39. The average Bonchev–Trinajstić information content (AvgIpc) is 3.30. The van der Waals surface area contributed by atoms with Crippen LogP contribution in [0.5, 0.6) is 0 Å². The van der Waals surface area contributed by atoms with Crippen molar-refractivity contribution in [3.63, 3.8) is 0 Å². The molecule has 7 heteroatoms. The van der Waals surface area contributed by atoms with Crippen molar-refractivity contribution in [3.05, 3.63) is 58.6 Å². The molecule has 27 heavy (non-hydrogen) atoms. The lowest BCUT2D eigenvalue weighted by molar-refractivity contribution is 0.740. The average molecular weight is 381 g/mol. The first kappa shape index (κ1) is 17.5. The minimum atomic E-state index is 0.718. The molecule has 6 nitrogen and oxygen atoms in total. The highest BCUT2D eigenvalue weighted by Crippen LogP contribution is 2.32. The predicted molar refractivity (Wildman–Crippen MR) is 107 cm³/mol. The molecule has 4 aromatic rings. The number of aromatic nitrogens is 6. The van der Waals surface area contributed by atoms with E-state index in [2.05, 4.69) is 23.2 Å². The Hall–Kier alpha value is -2.86. The summed E-state index contributed by atoms with van der Waals surface area (Å²) in [5.41, 5.74) is 7.98. The van der Waals surface area contributed by atoms with Crippen LogP contribution in [0.15, 0.2) is 36.7 Å². The van der Waals surface area contributed by atoms with Gasteiger partial charge in [0.25, 0.3) is 0 Å². The molecule has 3 aromatic heterocycles. The molecule has 0 aliphatic heterocycles. The highest BCUT2D eigenvalue weighted by molar-refractivity contribution is 6.31. The van der Waals surface area contributed by atoms with Crippen molar-refractivity contribution in [2.24, 2.45) is 14.1 Å². The molecular formula is C20H21ClN6. The maximum absolute atomic E-state index is 6.38. The summed E-state index contributed by atoms with van der Waals surface area (Å²) >= 11 is 6.38. The van der Waals surface area contributed by atoms with E-state index in [9.17, 15) is 0 Å². The highest BCUT2D eigenvalue weighted by atomic mass is 35.5. The third kappa shape index (κ3) is 2.86. The number of aryl methyl sites for hydroxylation is 3. The van der Waals surface area contributed by atoms with Gasteiger partial charge in [0.15, 0.2) is 0 Å². The quantitative estimate of drug-likeness (QED) is 0.533. The molecule has 1 aromatic carbocycles. The minimum Gasteiger partial charge on any atom is -0.272 e. The molecule has 0 radical (unpaired) electrons. The third-order valence-electron chi connectivity index (χ3n) is 5.13. The summed E-state index contributed by atoms with van der Waals surface area (Å²) in [5.74, 6) is 0. The van der Waals surface area contributed by atoms with Crippen LogP contribution in [0.4, 0.5) is 0 Å². The molecule has 0 amide bonds. The van der Waals surface area contributed by atoms with Crippen molar-refractivity contribution in [2.45, 2.75) is 20.8 Å². The normalized spacial score (nSPS) is 11.3. The van der Waals surface area contributed by atoms with E-state index in [1.54, 1.807) is 0 Å². The summed E-state index contributed by atoms with van der Waals surface area (Å²) < 4.78 is 5.65. The van der Waals surface area contributed by atoms with Gasteiger partial charge in [-0.05, 0) is 44.5 Å². The zero-order valence-corrected chi connectivity index (χ0v) is 16.8. The van der Waals surface area contributed by atoms with Crippen LogP contribution in [-0.4, -0.2) is 29.3 Å². The molecule has 3 heterocycles. The number of hydrogen-bond donors (Lipinski definition) is 0. The molecule has 0 fully saturated rings. The van der Waals surface area contributed by atoms with Crippen molar-refractivity contribution >= 4 is 11.6 Å². The van der Waals surface area contributed by atoms with Crippen LogP contribution in [0.2, 0.25) is 5.02 Å². The Morgan fingerprint density at radius 1 is 0.852 bits per heavy atom. The van der Waals surface area contributed by atoms with E-state index in [1.165, 1.54) is 0 Å². The first-order chi connectivity index (χ1) is 12.9. The zero-order chi connectivity index (χ0) is 19.3. The van der Waals surface area contributed by atoms with Crippen molar-refractivity contribution < 1.29 is 0 Å². The zero-order valence-electron chi connectivity index (χ0n) is 16.0. The Bertz CT molecular complexity index is 1150. The van der Waals surface area contributed by atoms with Gasteiger partial charge in [-0.15, -0.1) is 0 Å². The van der Waals surface area contributed by atoms with E-state index >= 15 is 0 Å². The van der Waals surface area contributed by atoms with Gasteiger partial charge in [-0.1, -0.05) is 17.7 Å². The van der Waals surface area contributed by atoms with Gasteiger partial charge in [-0.2, -0.15) is 15.3 Å². The number of nitrogens with zero attached hydrogens (tertiary/aromatic N) is 6. The summed E-state index contributed by atoms with van der Waals surface area (Å²) in [4.78, 5) is 0. The fraction of sp³-hybridized carbons (Fsp3) is 0.250. The Balaban J connectivity index is 1.96. The van der Waals surface area contributed by atoms with Crippen molar-refractivity contribution in [3.8, 4) is 28.2 Å². The highest BCUT2D eigenvalue weighted by Gasteiger charge is 2.19. The Morgan fingerprint density at radius 2 is 1.48 bits per heavy atom. The lowest BCUT2D eigenvalue weighted by Crippen LogP contribution is -2.01. The van der Waals surface area contributed by atoms with Crippen LogP contribution in [0, 0.1) is 20.8 Å². The fourth-order valence-corrected chi connectivity index (χ4v) is 3.29. The van der Waals surface area contributed by atoms with Gasteiger partial charge in [-0.25, -0.2) is 4.68 Å². The van der Waals surface area contributed by atoms with Gasteiger partial charge >= 0.3 is 0 Å². The van der Waals surface area contributed by atoms with Gasteiger partial charge in [0, 0.05) is 41.6 Å². The van der Waals surface area contributed by atoms with Crippen LogP contribution in [-0.2, 0) is 14.1 Å². The van der Waals surface area contributed by atoms with Crippen LogP contribution in [0.25, 0.3) is 28.2 Å². The van der Waals surface area contributed by atoms with E-state index in [0.29, 0.717) is 0 Å². The molecule has 0 spiro atoms. The van der Waals surface area contributed by atoms with Gasteiger partial charge < -0.3 is 0 Å². The number of rotatable bonds is 3. The molecule has 0 saturated carbocycles. The second-order valence-electron chi connectivity index (χ2n) is 6.79. The number of hydrogen-bond acceptors (Lipinski definition) is 3. The molecular weight excluding hydrogens is 360 g/mol. The topological polar surface area (TPSA) is 53.5 Å².